The number of thioether (sulfide) groups is 1. The van der Waals surface area contributed by atoms with E-state index in [4.69, 9.17) is 11.6 Å². The van der Waals surface area contributed by atoms with Crippen LogP contribution < -0.4 is 5.32 Å². The fraction of sp³-hybridized carbons (Fsp3) is 0.211. The first-order valence-electron chi connectivity index (χ1n) is 9.13. The summed E-state index contributed by atoms with van der Waals surface area (Å²) in [5.74, 6) is -0.115. The van der Waals surface area contributed by atoms with Gasteiger partial charge in [-0.3, -0.25) is 10.1 Å². The zero-order valence-corrected chi connectivity index (χ0v) is 19.6. The van der Waals surface area contributed by atoms with Gasteiger partial charge in [-0.25, -0.2) is 18.4 Å². The summed E-state index contributed by atoms with van der Waals surface area (Å²) in [5.41, 5.74) is 0.872. The molecule has 0 spiro atoms. The van der Waals surface area contributed by atoms with Gasteiger partial charge >= 0.3 is 0 Å². The monoisotopic (exact) mass is 495 g/mol. The Morgan fingerprint density at radius 1 is 1.26 bits per heavy atom. The highest BCUT2D eigenvalue weighted by Gasteiger charge is 2.22. The minimum absolute atomic E-state index is 0.0573. The predicted octanol–water partition coefficient (Wildman–Crippen LogP) is 4.22. The molecule has 31 heavy (non-hydrogen) atoms. The molecule has 1 amide bonds. The van der Waals surface area contributed by atoms with E-state index in [1.54, 1.807) is 6.92 Å². The Morgan fingerprint density at radius 3 is 2.77 bits per heavy atom. The summed E-state index contributed by atoms with van der Waals surface area (Å²) in [6, 6.07) is 9.92. The van der Waals surface area contributed by atoms with Crippen molar-refractivity contribution >= 4 is 61.7 Å². The molecule has 2 aromatic heterocycles. The number of anilines is 1. The van der Waals surface area contributed by atoms with Gasteiger partial charge in [0.15, 0.2) is 10.0 Å². The van der Waals surface area contributed by atoms with Crippen LogP contribution in [0.5, 0.6) is 0 Å². The molecule has 0 aliphatic carbocycles. The number of amides is 1. The summed E-state index contributed by atoms with van der Waals surface area (Å²) in [6.07, 6.45) is 5.53. The van der Waals surface area contributed by atoms with Crippen LogP contribution in [0.15, 0.2) is 52.1 Å². The Labute approximate surface area is 193 Å². The minimum atomic E-state index is -3.68. The lowest BCUT2D eigenvalue weighted by Gasteiger charge is -2.05. The lowest BCUT2D eigenvalue weighted by Crippen LogP contribution is -2.18. The molecule has 3 rings (SSSR count). The van der Waals surface area contributed by atoms with Gasteiger partial charge in [-0.15, -0.1) is 10.2 Å². The maximum Gasteiger partial charge on any atom is 0.277 e. The number of benzene rings is 1. The number of rotatable bonds is 9. The molecule has 3 aromatic rings. The SMILES string of the molecule is CCCS(=O)(=O)c1ncc(Cl)c(C(=O)Nc2nnc(SC/C=C/c3ccccc3)s2)n1. The van der Waals surface area contributed by atoms with Gasteiger partial charge in [-0.1, -0.05) is 84.1 Å². The summed E-state index contributed by atoms with van der Waals surface area (Å²) in [7, 11) is -3.68. The first kappa shape index (κ1) is 23.3. The molecule has 1 aromatic carbocycles. The van der Waals surface area contributed by atoms with Crippen LogP contribution in [0.3, 0.4) is 0 Å². The zero-order chi connectivity index (χ0) is 22.3. The minimum Gasteiger partial charge on any atom is -0.295 e. The summed E-state index contributed by atoms with van der Waals surface area (Å²) >= 11 is 8.67. The molecule has 0 bridgehead atoms. The molecule has 12 heteroatoms. The van der Waals surface area contributed by atoms with Crippen LogP contribution in [0, 0.1) is 0 Å². The van der Waals surface area contributed by atoms with Crippen molar-refractivity contribution in [1.82, 2.24) is 20.2 Å². The molecule has 0 fully saturated rings. The Hall–Kier alpha value is -2.34. The van der Waals surface area contributed by atoms with Crippen molar-refractivity contribution in [2.24, 2.45) is 0 Å². The molecular weight excluding hydrogens is 478 g/mol. The van der Waals surface area contributed by atoms with Gasteiger partial charge < -0.3 is 0 Å². The van der Waals surface area contributed by atoms with Crippen molar-refractivity contribution < 1.29 is 13.2 Å². The van der Waals surface area contributed by atoms with Crippen molar-refractivity contribution in [3.05, 3.63) is 58.9 Å². The molecule has 162 valence electrons. The molecule has 0 radical (unpaired) electrons. The van der Waals surface area contributed by atoms with Gasteiger partial charge in [-0.2, -0.15) is 0 Å². The Kier molecular flexibility index (Phi) is 8.13. The molecule has 0 aliphatic heterocycles. The van der Waals surface area contributed by atoms with Gasteiger partial charge in [0.2, 0.25) is 20.1 Å². The normalized spacial score (nSPS) is 11.7. The van der Waals surface area contributed by atoms with Crippen molar-refractivity contribution in [2.45, 2.75) is 22.8 Å². The molecular formula is C19H18ClN5O3S3. The van der Waals surface area contributed by atoms with Crippen LogP contribution >= 0.6 is 34.7 Å². The lowest BCUT2D eigenvalue weighted by molar-refractivity contribution is 0.102. The molecule has 8 nitrogen and oxygen atoms in total. The zero-order valence-electron chi connectivity index (χ0n) is 16.4. The number of hydrogen-bond donors (Lipinski definition) is 1. The molecule has 0 aliphatic rings. The highest BCUT2D eigenvalue weighted by Crippen LogP contribution is 2.26. The highest BCUT2D eigenvalue weighted by atomic mass is 35.5. The smallest absolute Gasteiger partial charge is 0.277 e. The Bertz CT molecular complexity index is 1180. The first-order chi connectivity index (χ1) is 14.9. The average molecular weight is 496 g/mol. The second kappa shape index (κ2) is 10.8. The van der Waals surface area contributed by atoms with Crippen LogP contribution in [-0.4, -0.2) is 46.0 Å². The van der Waals surface area contributed by atoms with E-state index in [9.17, 15) is 13.2 Å². The van der Waals surface area contributed by atoms with Crippen molar-refractivity contribution in [3.63, 3.8) is 0 Å². The number of nitrogens with one attached hydrogen (secondary N) is 1. The molecule has 0 atom stereocenters. The summed E-state index contributed by atoms with van der Waals surface area (Å²) in [5, 5.41) is 10.3. The number of aromatic nitrogens is 4. The Morgan fingerprint density at radius 2 is 2.03 bits per heavy atom. The summed E-state index contributed by atoms with van der Waals surface area (Å²) in [4.78, 5) is 20.1. The molecule has 1 N–H and O–H groups in total. The molecule has 0 saturated carbocycles. The van der Waals surface area contributed by atoms with Crippen LogP contribution in [0.25, 0.3) is 6.08 Å². The number of hydrogen-bond acceptors (Lipinski definition) is 9. The average Bonchev–Trinajstić information content (AvgIpc) is 3.19. The van der Waals surface area contributed by atoms with Crippen molar-refractivity contribution in [1.29, 1.82) is 0 Å². The van der Waals surface area contributed by atoms with E-state index in [0.717, 1.165) is 11.8 Å². The summed E-state index contributed by atoms with van der Waals surface area (Å²) < 4.78 is 25.0. The van der Waals surface area contributed by atoms with Gasteiger partial charge in [0.05, 0.1) is 17.0 Å². The van der Waals surface area contributed by atoms with Crippen LogP contribution in [0.2, 0.25) is 5.02 Å². The maximum absolute atomic E-state index is 12.5. The third kappa shape index (κ3) is 6.57. The van der Waals surface area contributed by atoms with Crippen molar-refractivity contribution in [2.75, 3.05) is 16.8 Å². The molecule has 0 unspecified atom stereocenters. The fourth-order valence-corrected chi connectivity index (χ4v) is 5.29. The second-order valence-corrected chi connectivity index (χ2v) is 10.8. The molecule has 2 heterocycles. The lowest BCUT2D eigenvalue weighted by atomic mass is 10.2. The quantitative estimate of drug-likeness (QED) is 0.266. The van der Waals surface area contributed by atoms with E-state index in [0.29, 0.717) is 16.5 Å². The van der Waals surface area contributed by atoms with E-state index in [1.165, 1.54) is 23.1 Å². The third-order valence-electron chi connectivity index (χ3n) is 3.73. The van der Waals surface area contributed by atoms with Gasteiger partial charge in [0, 0.05) is 5.75 Å². The van der Waals surface area contributed by atoms with Crippen LogP contribution in [0.4, 0.5) is 5.13 Å². The van der Waals surface area contributed by atoms with Gasteiger partial charge in [0.25, 0.3) is 5.91 Å². The van der Waals surface area contributed by atoms with Crippen LogP contribution in [-0.2, 0) is 9.84 Å². The number of sulfone groups is 1. The third-order valence-corrected chi connectivity index (χ3v) is 7.63. The Balaban J connectivity index is 1.62. The number of carbonyl (C=O) groups is 1. The first-order valence-corrected chi connectivity index (χ1v) is 13.0. The van der Waals surface area contributed by atoms with E-state index >= 15 is 0 Å². The number of carbonyl (C=O) groups excluding carboxylic acids is 1. The fourth-order valence-electron chi connectivity index (χ4n) is 2.36. The summed E-state index contributed by atoms with van der Waals surface area (Å²) in [6.45, 7) is 1.73. The largest absolute Gasteiger partial charge is 0.295 e. The van der Waals surface area contributed by atoms with E-state index in [2.05, 4.69) is 25.5 Å². The number of halogens is 1. The second-order valence-electron chi connectivity index (χ2n) is 6.12. The van der Waals surface area contributed by atoms with Crippen LogP contribution in [0.1, 0.15) is 29.4 Å². The van der Waals surface area contributed by atoms with E-state index in [1.807, 2.05) is 42.5 Å². The van der Waals surface area contributed by atoms with E-state index < -0.39 is 20.9 Å². The standard InChI is InChI=1S/C19H18ClN5O3S3/c1-2-11-31(27,28)18-21-12-14(20)15(22-18)16(26)23-17-24-25-19(30-17)29-10-6-9-13-7-4-3-5-8-13/h3-9,12H,2,10-11H2,1H3,(H,23,24,26)/b9-6+. The predicted molar refractivity (Wildman–Crippen MR) is 123 cm³/mol. The molecule has 0 saturated heterocycles. The highest BCUT2D eigenvalue weighted by molar-refractivity contribution is 8.01. The number of nitrogens with zero attached hydrogens (tertiary/aromatic N) is 4. The van der Waals surface area contributed by atoms with Gasteiger partial charge in [0.1, 0.15) is 0 Å². The topological polar surface area (TPSA) is 115 Å². The van der Waals surface area contributed by atoms with Crippen molar-refractivity contribution in [3.8, 4) is 0 Å². The van der Waals surface area contributed by atoms with Gasteiger partial charge in [-0.05, 0) is 12.0 Å². The van der Waals surface area contributed by atoms with E-state index in [-0.39, 0.29) is 21.6 Å². The maximum atomic E-state index is 12.5.